The van der Waals surface area contributed by atoms with Crippen LogP contribution in [-0.2, 0) is 21.2 Å². The molecule has 0 unspecified atom stereocenters. The molecule has 0 aromatic heterocycles. The quantitative estimate of drug-likeness (QED) is 0.674. The van der Waals surface area contributed by atoms with Crippen LogP contribution >= 0.6 is 0 Å². The Morgan fingerprint density at radius 1 is 1.07 bits per heavy atom. The van der Waals surface area contributed by atoms with Gasteiger partial charge in [-0.25, -0.2) is 8.42 Å². The molecule has 0 bridgehead atoms. The number of carbonyl (C=O) groups is 1. The van der Waals surface area contributed by atoms with Gasteiger partial charge in [0.25, 0.3) is 0 Å². The SMILES string of the molecule is CCc1ccc(N(CC(=O)N[C@H](C)c2ccc(OC)c(OC)c2)S(C)(=O)=O)cc1. The number of hydrogen-bond acceptors (Lipinski definition) is 5. The number of aryl methyl sites for hydroxylation is 1. The number of anilines is 1. The third-order valence-corrected chi connectivity index (χ3v) is 5.75. The molecule has 1 N–H and O–H groups in total. The second-order valence-corrected chi connectivity index (χ2v) is 8.60. The predicted molar refractivity (Wildman–Crippen MR) is 114 cm³/mol. The number of nitrogens with zero attached hydrogens (tertiary/aromatic N) is 1. The summed E-state index contributed by atoms with van der Waals surface area (Å²) < 4.78 is 36.1. The molecule has 0 saturated carbocycles. The molecule has 1 atom stereocenters. The first kappa shape index (κ1) is 22.5. The first-order chi connectivity index (χ1) is 13.7. The number of carbonyl (C=O) groups excluding carboxylic acids is 1. The number of sulfonamides is 1. The molecule has 2 aromatic carbocycles. The van der Waals surface area contributed by atoms with Gasteiger partial charge in [0.2, 0.25) is 15.9 Å². The van der Waals surface area contributed by atoms with Crippen molar-refractivity contribution in [2.75, 3.05) is 31.3 Å². The van der Waals surface area contributed by atoms with Crippen molar-refractivity contribution in [1.82, 2.24) is 5.32 Å². The largest absolute Gasteiger partial charge is 0.493 e. The minimum Gasteiger partial charge on any atom is -0.493 e. The zero-order valence-electron chi connectivity index (χ0n) is 17.4. The lowest BCUT2D eigenvalue weighted by Gasteiger charge is -2.23. The average Bonchev–Trinajstić information content (AvgIpc) is 2.70. The van der Waals surface area contributed by atoms with E-state index in [9.17, 15) is 13.2 Å². The van der Waals surface area contributed by atoms with E-state index in [1.165, 1.54) is 0 Å². The highest BCUT2D eigenvalue weighted by Crippen LogP contribution is 2.30. The molecule has 29 heavy (non-hydrogen) atoms. The van der Waals surface area contributed by atoms with Crippen LogP contribution in [0.2, 0.25) is 0 Å². The first-order valence-corrected chi connectivity index (χ1v) is 11.1. The first-order valence-electron chi connectivity index (χ1n) is 9.27. The number of amides is 1. The lowest BCUT2D eigenvalue weighted by molar-refractivity contribution is -0.120. The van der Waals surface area contributed by atoms with Crippen LogP contribution in [0.3, 0.4) is 0 Å². The zero-order chi connectivity index (χ0) is 21.6. The fourth-order valence-electron chi connectivity index (χ4n) is 2.92. The molecule has 158 valence electrons. The number of ether oxygens (including phenoxy) is 2. The van der Waals surface area contributed by atoms with Crippen LogP contribution in [0.5, 0.6) is 11.5 Å². The van der Waals surface area contributed by atoms with Crippen LogP contribution < -0.4 is 19.1 Å². The van der Waals surface area contributed by atoms with Gasteiger partial charge in [0.15, 0.2) is 11.5 Å². The van der Waals surface area contributed by atoms with Crippen molar-refractivity contribution < 1.29 is 22.7 Å². The van der Waals surface area contributed by atoms with Crippen molar-refractivity contribution in [3.8, 4) is 11.5 Å². The summed E-state index contributed by atoms with van der Waals surface area (Å²) in [4.78, 5) is 12.6. The van der Waals surface area contributed by atoms with E-state index >= 15 is 0 Å². The summed E-state index contributed by atoms with van der Waals surface area (Å²) in [5.41, 5.74) is 2.36. The molecule has 0 spiro atoms. The Labute approximate surface area is 172 Å². The molecule has 0 radical (unpaired) electrons. The fourth-order valence-corrected chi connectivity index (χ4v) is 3.78. The Balaban J connectivity index is 2.15. The normalized spacial score (nSPS) is 12.2. The van der Waals surface area contributed by atoms with Crippen molar-refractivity contribution in [1.29, 1.82) is 0 Å². The van der Waals surface area contributed by atoms with Gasteiger partial charge in [-0.15, -0.1) is 0 Å². The molecular formula is C21H28N2O5S. The number of benzene rings is 2. The van der Waals surface area contributed by atoms with Crippen LogP contribution in [0.1, 0.15) is 31.0 Å². The molecule has 7 nitrogen and oxygen atoms in total. The van der Waals surface area contributed by atoms with E-state index in [1.54, 1.807) is 38.5 Å². The molecule has 0 saturated heterocycles. The summed E-state index contributed by atoms with van der Waals surface area (Å²) in [6.07, 6.45) is 1.94. The highest BCUT2D eigenvalue weighted by molar-refractivity contribution is 7.92. The van der Waals surface area contributed by atoms with Crippen molar-refractivity contribution in [2.24, 2.45) is 0 Å². The van der Waals surface area contributed by atoms with Gasteiger partial charge in [-0.1, -0.05) is 25.1 Å². The Bertz CT molecular complexity index is 942. The van der Waals surface area contributed by atoms with Gasteiger partial charge >= 0.3 is 0 Å². The van der Waals surface area contributed by atoms with Gasteiger partial charge in [0.05, 0.1) is 32.2 Å². The number of methoxy groups -OCH3 is 2. The lowest BCUT2D eigenvalue weighted by atomic mass is 10.1. The van der Waals surface area contributed by atoms with Crippen LogP contribution in [0.25, 0.3) is 0 Å². The molecular weight excluding hydrogens is 392 g/mol. The van der Waals surface area contributed by atoms with Crippen LogP contribution in [0, 0.1) is 0 Å². The average molecular weight is 421 g/mol. The third-order valence-electron chi connectivity index (χ3n) is 4.61. The number of rotatable bonds is 9. The second kappa shape index (κ2) is 9.65. The van der Waals surface area contributed by atoms with Gasteiger partial charge < -0.3 is 14.8 Å². The molecule has 0 aliphatic carbocycles. The topological polar surface area (TPSA) is 84.9 Å². The summed E-state index contributed by atoms with van der Waals surface area (Å²) in [6, 6.07) is 12.2. The fraction of sp³-hybridized carbons (Fsp3) is 0.381. The summed E-state index contributed by atoms with van der Waals surface area (Å²) in [7, 11) is -0.525. The van der Waals surface area contributed by atoms with Gasteiger partial charge in [-0.3, -0.25) is 9.10 Å². The number of nitrogens with one attached hydrogen (secondary N) is 1. The highest BCUT2D eigenvalue weighted by Gasteiger charge is 2.22. The monoisotopic (exact) mass is 420 g/mol. The summed E-state index contributed by atoms with van der Waals surface area (Å²) >= 11 is 0. The smallest absolute Gasteiger partial charge is 0.241 e. The van der Waals surface area contributed by atoms with Gasteiger partial charge in [0.1, 0.15) is 6.54 Å². The van der Waals surface area contributed by atoms with E-state index in [2.05, 4.69) is 5.32 Å². The Morgan fingerprint density at radius 3 is 2.21 bits per heavy atom. The molecule has 2 aromatic rings. The van der Waals surface area contributed by atoms with Gasteiger partial charge in [0, 0.05) is 0 Å². The second-order valence-electron chi connectivity index (χ2n) is 6.69. The van der Waals surface area contributed by atoms with E-state index in [0.29, 0.717) is 17.2 Å². The predicted octanol–water partition coefficient (Wildman–Crippen LogP) is 2.91. The standard InChI is InChI=1S/C21H28N2O5S/c1-6-16-7-10-18(11-8-16)23(29(5,25)26)14-21(24)22-15(2)17-9-12-19(27-3)20(13-17)28-4/h7-13,15H,6,14H2,1-5H3,(H,22,24)/t15-/m1/s1. The maximum Gasteiger partial charge on any atom is 0.241 e. The molecule has 0 fully saturated rings. The molecule has 2 rings (SSSR count). The third kappa shape index (κ3) is 5.87. The van der Waals surface area contributed by atoms with Gasteiger partial charge in [-0.05, 0) is 48.7 Å². The van der Waals surface area contributed by atoms with Crippen LogP contribution in [0.15, 0.2) is 42.5 Å². The van der Waals surface area contributed by atoms with Crippen molar-refractivity contribution in [2.45, 2.75) is 26.3 Å². The Hall–Kier alpha value is -2.74. The minimum absolute atomic E-state index is 0.304. The summed E-state index contributed by atoms with van der Waals surface area (Å²) in [6.45, 7) is 3.54. The molecule has 1 amide bonds. The van der Waals surface area contributed by atoms with E-state index < -0.39 is 15.9 Å². The van der Waals surface area contributed by atoms with E-state index in [-0.39, 0.29) is 12.6 Å². The maximum atomic E-state index is 12.6. The Kier molecular flexibility index (Phi) is 7.50. The molecule has 0 heterocycles. The summed E-state index contributed by atoms with van der Waals surface area (Å²) in [5.74, 6) is 0.741. The van der Waals surface area contributed by atoms with E-state index in [0.717, 1.165) is 28.1 Å². The lowest BCUT2D eigenvalue weighted by Crippen LogP contribution is -2.41. The van der Waals surface area contributed by atoms with Crippen molar-refractivity contribution in [3.05, 3.63) is 53.6 Å². The molecule has 0 aliphatic heterocycles. The Morgan fingerprint density at radius 2 is 1.69 bits per heavy atom. The molecule has 8 heteroatoms. The maximum absolute atomic E-state index is 12.6. The van der Waals surface area contributed by atoms with Gasteiger partial charge in [-0.2, -0.15) is 0 Å². The summed E-state index contributed by atoms with van der Waals surface area (Å²) in [5, 5.41) is 2.84. The van der Waals surface area contributed by atoms with E-state index in [4.69, 9.17) is 9.47 Å². The zero-order valence-corrected chi connectivity index (χ0v) is 18.2. The highest BCUT2D eigenvalue weighted by atomic mass is 32.2. The number of hydrogen-bond donors (Lipinski definition) is 1. The van der Waals surface area contributed by atoms with Crippen molar-refractivity contribution in [3.63, 3.8) is 0 Å². The van der Waals surface area contributed by atoms with Crippen LogP contribution in [-0.4, -0.2) is 41.3 Å². The van der Waals surface area contributed by atoms with Crippen LogP contribution in [0.4, 0.5) is 5.69 Å². The minimum atomic E-state index is -3.62. The van der Waals surface area contributed by atoms with E-state index in [1.807, 2.05) is 32.0 Å². The van der Waals surface area contributed by atoms with Crippen molar-refractivity contribution >= 4 is 21.6 Å². The molecule has 0 aliphatic rings.